The van der Waals surface area contributed by atoms with Crippen molar-refractivity contribution >= 4 is 34.6 Å². The number of aromatic hydroxyl groups is 1. The van der Waals surface area contributed by atoms with E-state index >= 15 is 0 Å². The number of rotatable bonds is 4. The first kappa shape index (κ1) is 19.1. The van der Waals surface area contributed by atoms with Crippen LogP contribution in [-0.2, 0) is 0 Å². The third-order valence-electron chi connectivity index (χ3n) is 3.80. The molecule has 0 saturated heterocycles. The van der Waals surface area contributed by atoms with Crippen molar-refractivity contribution in [2.45, 2.75) is 6.92 Å². The molecule has 142 valence electrons. The molecule has 0 atom stereocenters. The number of nitro benzene ring substituents is 1. The number of anilines is 1. The SMILES string of the molecule is Cc1ccc(NC(=S)NC(=O)c2ccc(-c3cccc([N+](=O)[O-])c3)o2)c(O)c1. The van der Waals surface area contributed by atoms with E-state index in [2.05, 4.69) is 10.6 Å². The number of carbonyl (C=O) groups excluding carboxylic acids is 1. The van der Waals surface area contributed by atoms with E-state index in [1.54, 1.807) is 24.3 Å². The highest BCUT2D eigenvalue weighted by molar-refractivity contribution is 7.80. The van der Waals surface area contributed by atoms with E-state index in [0.29, 0.717) is 17.0 Å². The largest absolute Gasteiger partial charge is 0.506 e. The van der Waals surface area contributed by atoms with Gasteiger partial charge in [0.2, 0.25) is 0 Å². The summed E-state index contributed by atoms with van der Waals surface area (Å²) in [5.74, 6) is -0.300. The molecular weight excluding hydrogens is 382 g/mol. The summed E-state index contributed by atoms with van der Waals surface area (Å²) >= 11 is 5.08. The lowest BCUT2D eigenvalue weighted by Crippen LogP contribution is -2.33. The van der Waals surface area contributed by atoms with E-state index in [-0.39, 0.29) is 22.3 Å². The molecule has 3 N–H and O–H groups in total. The zero-order valence-electron chi connectivity index (χ0n) is 14.6. The summed E-state index contributed by atoms with van der Waals surface area (Å²) in [5.41, 5.74) is 1.62. The average molecular weight is 397 g/mol. The third-order valence-corrected chi connectivity index (χ3v) is 4.00. The van der Waals surface area contributed by atoms with Gasteiger partial charge in [0.05, 0.1) is 10.6 Å². The fraction of sp³-hybridized carbons (Fsp3) is 0.0526. The fourth-order valence-corrected chi connectivity index (χ4v) is 2.66. The molecule has 0 bridgehead atoms. The average Bonchev–Trinajstić information content (AvgIpc) is 3.14. The van der Waals surface area contributed by atoms with E-state index in [9.17, 15) is 20.0 Å². The molecule has 3 aromatic rings. The van der Waals surface area contributed by atoms with Gasteiger partial charge in [0.1, 0.15) is 11.5 Å². The van der Waals surface area contributed by atoms with Gasteiger partial charge in [-0.25, -0.2) is 0 Å². The molecular formula is C19H15N3O5S. The first-order chi connectivity index (χ1) is 13.3. The number of carbonyl (C=O) groups is 1. The summed E-state index contributed by atoms with van der Waals surface area (Å²) in [6.45, 7) is 1.83. The normalized spacial score (nSPS) is 10.3. The highest BCUT2D eigenvalue weighted by atomic mass is 32.1. The number of nitrogens with zero attached hydrogens (tertiary/aromatic N) is 1. The summed E-state index contributed by atoms with van der Waals surface area (Å²) in [5, 5.41) is 25.9. The smallest absolute Gasteiger partial charge is 0.293 e. The van der Waals surface area contributed by atoms with Gasteiger partial charge in [-0.3, -0.25) is 20.2 Å². The second kappa shape index (κ2) is 7.89. The van der Waals surface area contributed by atoms with Gasteiger partial charge in [-0.2, -0.15) is 0 Å². The van der Waals surface area contributed by atoms with Gasteiger partial charge in [0, 0.05) is 17.7 Å². The molecule has 0 aliphatic carbocycles. The molecule has 0 unspecified atom stereocenters. The number of furan rings is 1. The van der Waals surface area contributed by atoms with Crippen molar-refractivity contribution in [1.82, 2.24) is 5.32 Å². The maximum absolute atomic E-state index is 12.3. The number of nitro groups is 1. The van der Waals surface area contributed by atoms with Gasteiger partial charge in [0.15, 0.2) is 10.9 Å². The van der Waals surface area contributed by atoms with Crippen molar-refractivity contribution in [3.05, 3.63) is 76.0 Å². The van der Waals surface area contributed by atoms with Crippen LogP contribution < -0.4 is 10.6 Å². The molecule has 28 heavy (non-hydrogen) atoms. The molecule has 0 aliphatic rings. The van der Waals surface area contributed by atoms with Crippen LogP contribution in [0.1, 0.15) is 16.1 Å². The van der Waals surface area contributed by atoms with Crippen LogP contribution >= 0.6 is 12.2 Å². The summed E-state index contributed by atoms with van der Waals surface area (Å²) in [4.78, 5) is 22.7. The Morgan fingerprint density at radius 3 is 2.68 bits per heavy atom. The molecule has 0 radical (unpaired) electrons. The Morgan fingerprint density at radius 1 is 1.18 bits per heavy atom. The second-order valence-corrected chi connectivity index (χ2v) is 6.31. The Labute approximate surface area is 165 Å². The molecule has 9 heteroatoms. The molecule has 8 nitrogen and oxygen atoms in total. The number of nitrogens with one attached hydrogen (secondary N) is 2. The number of hydrogen-bond donors (Lipinski definition) is 3. The molecule has 2 aromatic carbocycles. The number of hydrogen-bond acceptors (Lipinski definition) is 6. The van der Waals surface area contributed by atoms with Crippen LogP contribution in [0.25, 0.3) is 11.3 Å². The maximum atomic E-state index is 12.3. The molecule has 0 fully saturated rings. The first-order valence-corrected chi connectivity index (χ1v) is 8.51. The van der Waals surface area contributed by atoms with Crippen molar-refractivity contribution < 1.29 is 19.2 Å². The number of thiocarbonyl (C=S) groups is 1. The second-order valence-electron chi connectivity index (χ2n) is 5.90. The zero-order valence-corrected chi connectivity index (χ0v) is 15.4. The highest BCUT2D eigenvalue weighted by Gasteiger charge is 2.16. The Kier molecular flexibility index (Phi) is 5.37. The Bertz CT molecular complexity index is 1080. The van der Waals surface area contributed by atoms with Crippen LogP contribution in [0, 0.1) is 17.0 Å². The lowest BCUT2D eigenvalue weighted by atomic mass is 10.1. The lowest BCUT2D eigenvalue weighted by Gasteiger charge is -2.10. The van der Waals surface area contributed by atoms with Crippen molar-refractivity contribution in [1.29, 1.82) is 0 Å². The number of non-ortho nitro benzene ring substituents is 1. The number of phenolic OH excluding ortho intramolecular Hbond substituents is 1. The van der Waals surface area contributed by atoms with E-state index in [0.717, 1.165) is 5.56 Å². The minimum Gasteiger partial charge on any atom is -0.506 e. The zero-order chi connectivity index (χ0) is 20.3. The molecule has 0 saturated carbocycles. The predicted molar refractivity (Wildman–Crippen MR) is 107 cm³/mol. The lowest BCUT2D eigenvalue weighted by molar-refractivity contribution is -0.384. The van der Waals surface area contributed by atoms with E-state index in [4.69, 9.17) is 16.6 Å². The number of aryl methyl sites for hydroxylation is 1. The minimum absolute atomic E-state index is 0.00237. The van der Waals surface area contributed by atoms with Gasteiger partial charge in [0.25, 0.3) is 11.6 Å². The molecule has 1 heterocycles. The van der Waals surface area contributed by atoms with Gasteiger partial charge >= 0.3 is 0 Å². The standard InChI is InChI=1S/C19H15N3O5S/c1-11-5-6-14(15(23)9-11)20-19(28)21-18(24)17-8-7-16(27-17)12-3-2-4-13(10-12)22(25)26/h2-10,23H,1H3,(H2,20,21,24,28). The molecule has 1 amide bonds. The predicted octanol–water partition coefficient (Wildman–Crippen LogP) is 4.00. The fourth-order valence-electron chi connectivity index (χ4n) is 2.45. The van der Waals surface area contributed by atoms with Gasteiger partial charge in [-0.1, -0.05) is 18.2 Å². The van der Waals surface area contributed by atoms with E-state index in [1.165, 1.54) is 30.3 Å². The molecule has 0 aliphatic heterocycles. The van der Waals surface area contributed by atoms with Crippen LogP contribution in [0.15, 0.2) is 59.0 Å². The van der Waals surface area contributed by atoms with Crippen molar-refractivity contribution in [3.8, 4) is 17.1 Å². The quantitative estimate of drug-likeness (QED) is 0.264. The minimum atomic E-state index is -0.596. The number of phenols is 1. The van der Waals surface area contributed by atoms with Crippen molar-refractivity contribution in [3.63, 3.8) is 0 Å². The van der Waals surface area contributed by atoms with Crippen LogP contribution in [-0.4, -0.2) is 21.0 Å². The monoisotopic (exact) mass is 397 g/mol. The van der Waals surface area contributed by atoms with Crippen LogP contribution in [0.5, 0.6) is 5.75 Å². The van der Waals surface area contributed by atoms with Crippen molar-refractivity contribution in [2.75, 3.05) is 5.32 Å². The topological polar surface area (TPSA) is 118 Å². The van der Waals surface area contributed by atoms with Crippen LogP contribution in [0.4, 0.5) is 11.4 Å². The third kappa shape index (κ3) is 4.33. The summed E-state index contributed by atoms with van der Waals surface area (Å²) < 4.78 is 5.49. The number of amides is 1. The van der Waals surface area contributed by atoms with Gasteiger partial charge in [-0.15, -0.1) is 0 Å². The Balaban J connectivity index is 1.69. The Hall–Kier alpha value is -3.72. The molecule has 3 rings (SSSR count). The summed E-state index contributed by atoms with van der Waals surface area (Å²) in [6, 6.07) is 13.8. The highest BCUT2D eigenvalue weighted by Crippen LogP contribution is 2.26. The number of benzene rings is 2. The maximum Gasteiger partial charge on any atom is 0.293 e. The van der Waals surface area contributed by atoms with Gasteiger partial charge < -0.3 is 14.8 Å². The first-order valence-electron chi connectivity index (χ1n) is 8.10. The summed E-state index contributed by atoms with van der Waals surface area (Å²) in [6.07, 6.45) is 0. The van der Waals surface area contributed by atoms with Gasteiger partial charge in [-0.05, 0) is 49.0 Å². The van der Waals surface area contributed by atoms with Crippen molar-refractivity contribution in [2.24, 2.45) is 0 Å². The molecule has 0 spiro atoms. The van der Waals surface area contributed by atoms with E-state index < -0.39 is 10.8 Å². The van der Waals surface area contributed by atoms with E-state index in [1.807, 2.05) is 6.92 Å². The van der Waals surface area contributed by atoms with Crippen LogP contribution in [0.3, 0.4) is 0 Å². The van der Waals surface area contributed by atoms with Crippen LogP contribution in [0.2, 0.25) is 0 Å². The Morgan fingerprint density at radius 2 is 1.96 bits per heavy atom. The summed E-state index contributed by atoms with van der Waals surface area (Å²) in [7, 11) is 0. The molecule has 1 aromatic heterocycles.